The van der Waals surface area contributed by atoms with E-state index in [4.69, 9.17) is 16.3 Å². The van der Waals surface area contributed by atoms with Gasteiger partial charge in [-0.1, -0.05) is 18.2 Å². The monoisotopic (exact) mass is 328 g/mol. The van der Waals surface area contributed by atoms with E-state index in [0.29, 0.717) is 5.56 Å². The summed E-state index contributed by atoms with van der Waals surface area (Å²) in [6.07, 6.45) is -3.80. The summed E-state index contributed by atoms with van der Waals surface area (Å²) in [6.45, 7) is -2.16. The van der Waals surface area contributed by atoms with E-state index in [1.54, 1.807) is 18.2 Å². The lowest BCUT2D eigenvalue weighted by molar-refractivity contribution is -0.166. The van der Waals surface area contributed by atoms with Crippen molar-refractivity contribution in [3.05, 3.63) is 35.9 Å². The maximum absolute atomic E-state index is 12.5. The van der Waals surface area contributed by atoms with E-state index in [-0.39, 0.29) is 6.61 Å². The lowest BCUT2D eigenvalue weighted by Gasteiger charge is -2.16. The number of benzene rings is 1. The molecule has 0 spiro atoms. The lowest BCUT2D eigenvalue weighted by atomic mass is 10.2. The van der Waals surface area contributed by atoms with Crippen LogP contribution in [0.25, 0.3) is 0 Å². The number of hydrogen-bond acceptors (Lipinski definition) is 3. The van der Waals surface area contributed by atoms with Crippen LogP contribution in [0.4, 0.5) is 17.6 Å². The van der Waals surface area contributed by atoms with Crippen molar-refractivity contribution < 1.29 is 31.8 Å². The zero-order chi connectivity index (χ0) is 15.9. The van der Waals surface area contributed by atoms with Crippen molar-refractivity contribution >= 4 is 17.6 Å². The maximum Gasteiger partial charge on any atom is 0.338 e. The van der Waals surface area contributed by atoms with Crippen LogP contribution in [0.1, 0.15) is 10.4 Å². The number of halogens is 5. The molecule has 3 nitrogen and oxygen atoms in total. The Kier molecular flexibility index (Phi) is 6.91. The highest BCUT2D eigenvalue weighted by molar-refractivity contribution is 6.20. The van der Waals surface area contributed by atoms with Crippen LogP contribution >= 0.6 is 11.6 Å². The first-order valence-electron chi connectivity index (χ1n) is 5.93. The Balaban J connectivity index is 2.26. The second kappa shape index (κ2) is 8.19. The van der Waals surface area contributed by atoms with Gasteiger partial charge in [-0.2, -0.15) is 8.78 Å². The third-order valence-electron chi connectivity index (χ3n) is 2.32. The SMILES string of the molecule is O=C(OCC(Cl)COCC(F)(F)C(F)F)c1ccccc1. The third-order valence-corrected chi connectivity index (χ3v) is 2.57. The van der Waals surface area contributed by atoms with Crippen LogP contribution in [-0.4, -0.2) is 43.5 Å². The largest absolute Gasteiger partial charge is 0.460 e. The van der Waals surface area contributed by atoms with Crippen molar-refractivity contribution in [3.8, 4) is 0 Å². The first-order chi connectivity index (χ1) is 9.83. The highest BCUT2D eigenvalue weighted by Crippen LogP contribution is 2.23. The van der Waals surface area contributed by atoms with Gasteiger partial charge in [-0.05, 0) is 12.1 Å². The summed E-state index contributed by atoms with van der Waals surface area (Å²) in [5, 5.41) is -0.911. The molecule has 0 aliphatic heterocycles. The van der Waals surface area contributed by atoms with Crippen molar-refractivity contribution in [1.82, 2.24) is 0 Å². The molecule has 1 atom stereocenters. The Morgan fingerprint density at radius 2 is 1.81 bits per heavy atom. The quantitative estimate of drug-likeness (QED) is 0.417. The van der Waals surface area contributed by atoms with Gasteiger partial charge in [0.25, 0.3) is 0 Å². The lowest BCUT2D eigenvalue weighted by Crippen LogP contribution is -2.33. The average Bonchev–Trinajstić information content (AvgIpc) is 2.45. The molecule has 0 saturated carbocycles. The highest BCUT2D eigenvalue weighted by atomic mass is 35.5. The number of hydrogen-bond donors (Lipinski definition) is 0. The molecule has 1 aromatic carbocycles. The van der Waals surface area contributed by atoms with Gasteiger partial charge in [0.05, 0.1) is 17.5 Å². The fourth-order valence-corrected chi connectivity index (χ4v) is 1.41. The van der Waals surface area contributed by atoms with E-state index in [9.17, 15) is 22.4 Å². The minimum absolute atomic E-state index is 0.282. The normalized spacial score (nSPS) is 13.2. The van der Waals surface area contributed by atoms with E-state index < -0.39 is 36.9 Å². The Hall–Kier alpha value is -1.34. The summed E-state index contributed by atoms with van der Waals surface area (Å²) >= 11 is 5.69. The highest BCUT2D eigenvalue weighted by Gasteiger charge is 2.41. The molecule has 1 rings (SSSR count). The number of ether oxygens (including phenoxy) is 2. The van der Waals surface area contributed by atoms with Gasteiger partial charge in [0.15, 0.2) is 0 Å². The van der Waals surface area contributed by atoms with E-state index in [2.05, 4.69) is 4.74 Å². The second-order valence-corrected chi connectivity index (χ2v) is 4.76. The molecule has 0 N–H and O–H groups in total. The van der Waals surface area contributed by atoms with Crippen molar-refractivity contribution in [2.24, 2.45) is 0 Å². The summed E-state index contributed by atoms with van der Waals surface area (Å²) < 4.78 is 58.0. The molecule has 0 amide bonds. The molecule has 0 aromatic heterocycles. The topological polar surface area (TPSA) is 35.5 Å². The van der Waals surface area contributed by atoms with Crippen molar-refractivity contribution in [3.63, 3.8) is 0 Å². The molecular weight excluding hydrogens is 316 g/mol. The summed E-state index contributed by atoms with van der Waals surface area (Å²) in [5.74, 6) is -4.85. The zero-order valence-corrected chi connectivity index (χ0v) is 11.5. The van der Waals surface area contributed by atoms with Gasteiger partial charge in [0, 0.05) is 0 Å². The van der Waals surface area contributed by atoms with Gasteiger partial charge >= 0.3 is 18.3 Å². The third kappa shape index (κ3) is 6.31. The summed E-state index contributed by atoms with van der Waals surface area (Å²) in [7, 11) is 0. The molecule has 8 heteroatoms. The molecule has 0 saturated heterocycles. The van der Waals surface area contributed by atoms with Crippen molar-refractivity contribution in [2.45, 2.75) is 17.7 Å². The maximum atomic E-state index is 12.5. The van der Waals surface area contributed by atoms with Crippen LogP contribution in [0, 0.1) is 0 Å². The molecule has 0 fully saturated rings. The van der Waals surface area contributed by atoms with E-state index in [1.807, 2.05) is 0 Å². The van der Waals surface area contributed by atoms with Crippen molar-refractivity contribution in [1.29, 1.82) is 0 Å². The van der Waals surface area contributed by atoms with E-state index in [0.717, 1.165) is 0 Å². The van der Waals surface area contributed by atoms with Gasteiger partial charge in [0.1, 0.15) is 13.2 Å². The van der Waals surface area contributed by atoms with Crippen LogP contribution < -0.4 is 0 Å². The van der Waals surface area contributed by atoms with Crippen LogP contribution in [0.3, 0.4) is 0 Å². The van der Waals surface area contributed by atoms with Gasteiger partial charge in [-0.3, -0.25) is 0 Å². The first kappa shape index (κ1) is 17.7. The zero-order valence-electron chi connectivity index (χ0n) is 10.8. The van der Waals surface area contributed by atoms with Crippen molar-refractivity contribution in [2.75, 3.05) is 19.8 Å². The van der Waals surface area contributed by atoms with E-state index in [1.165, 1.54) is 12.1 Å². The minimum Gasteiger partial charge on any atom is -0.460 e. The van der Waals surface area contributed by atoms with Crippen LogP contribution in [0.2, 0.25) is 0 Å². The molecule has 0 bridgehead atoms. The smallest absolute Gasteiger partial charge is 0.338 e. The minimum atomic E-state index is -4.22. The molecule has 0 heterocycles. The number of esters is 1. The fourth-order valence-electron chi connectivity index (χ4n) is 1.26. The van der Waals surface area contributed by atoms with E-state index >= 15 is 0 Å². The van der Waals surface area contributed by atoms with Crippen LogP contribution in [0.15, 0.2) is 30.3 Å². The predicted molar refractivity (Wildman–Crippen MR) is 68.1 cm³/mol. The average molecular weight is 329 g/mol. The first-order valence-corrected chi connectivity index (χ1v) is 6.36. The second-order valence-electron chi connectivity index (χ2n) is 4.14. The molecule has 118 valence electrons. The Morgan fingerprint density at radius 1 is 1.19 bits per heavy atom. The molecule has 21 heavy (non-hydrogen) atoms. The molecule has 1 unspecified atom stereocenters. The summed E-state index contributed by atoms with van der Waals surface area (Å²) in [6, 6.07) is 8.07. The Bertz CT molecular complexity index is 442. The summed E-state index contributed by atoms with van der Waals surface area (Å²) in [5.41, 5.74) is 0.312. The fraction of sp³-hybridized carbons (Fsp3) is 0.462. The van der Waals surface area contributed by atoms with Gasteiger partial charge in [-0.25, -0.2) is 13.6 Å². The number of carbonyl (C=O) groups excluding carboxylic acids is 1. The standard InChI is InChI=1S/C13H13ClF4O3/c14-10(6-20-8-13(17,18)12(15)16)7-21-11(19)9-4-2-1-3-5-9/h1-5,10,12H,6-8H2. The number of rotatable bonds is 8. The van der Waals surface area contributed by atoms with Gasteiger partial charge < -0.3 is 9.47 Å². The van der Waals surface area contributed by atoms with Crippen LogP contribution in [0.5, 0.6) is 0 Å². The Morgan fingerprint density at radius 3 is 2.38 bits per heavy atom. The molecule has 0 aliphatic carbocycles. The molecule has 0 aliphatic rings. The number of alkyl halides is 5. The molecule has 1 aromatic rings. The summed E-state index contributed by atoms with van der Waals surface area (Å²) in [4.78, 5) is 11.5. The number of carbonyl (C=O) groups is 1. The van der Waals surface area contributed by atoms with Crippen LogP contribution in [-0.2, 0) is 9.47 Å². The Labute approximate surface area is 123 Å². The molecular formula is C13H13ClF4O3. The predicted octanol–water partition coefficient (Wildman–Crippen LogP) is 3.37. The molecule has 0 radical (unpaired) electrons. The van der Waals surface area contributed by atoms with Gasteiger partial charge in [0.2, 0.25) is 0 Å². The van der Waals surface area contributed by atoms with Gasteiger partial charge in [-0.15, -0.1) is 11.6 Å².